The van der Waals surface area contributed by atoms with Crippen molar-refractivity contribution in [3.05, 3.63) is 62.0 Å². The van der Waals surface area contributed by atoms with Crippen molar-refractivity contribution in [3.63, 3.8) is 0 Å². The summed E-state index contributed by atoms with van der Waals surface area (Å²) in [5.41, 5.74) is 0.312. The number of halogens is 3. The van der Waals surface area contributed by atoms with Gasteiger partial charge in [0, 0.05) is 6.54 Å². The first-order valence-corrected chi connectivity index (χ1v) is 9.14. The van der Waals surface area contributed by atoms with Crippen molar-refractivity contribution in [2.75, 3.05) is 0 Å². The number of aryl methyl sites for hydroxylation is 1. The molecular formula is C19H13F3N2O3S. The number of carboxylic acids is 1. The van der Waals surface area contributed by atoms with Gasteiger partial charge < -0.3 is 5.11 Å². The molecule has 0 aliphatic carbocycles. The van der Waals surface area contributed by atoms with Gasteiger partial charge in [-0.3, -0.25) is 9.36 Å². The highest BCUT2D eigenvalue weighted by atomic mass is 32.1. The van der Waals surface area contributed by atoms with Crippen LogP contribution in [-0.4, -0.2) is 20.6 Å². The number of benzene rings is 1. The number of hydrogen-bond donors (Lipinski definition) is 1. The molecule has 1 N–H and O–H groups in total. The lowest BCUT2D eigenvalue weighted by atomic mass is 10.1. The van der Waals surface area contributed by atoms with Gasteiger partial charge >= 0.3 is 12.1 Å². The summed E-state index contributed by atoms with van der Waals surface area (Å²) in [5, 5.41) is 9.56. The fourth-order valence-corrected chi connectivity index (χ4v) is 4.37. The SMILES string of the molecule is Cc1c(C(=O)O)sc2nc3n(c(=O)c12)CC/C3=C\c1cccc(C(F)(F)F)c1. The topological polar surface area (TPSA) is 72.2 Å². The molecule has 144 valence electrons. The zero-order valence-corrected chi connectivity index (χ0v) is 15.3. The molecule has 0 fully saturated rings. The van der Waals surface area contributed by atoms with Crippen LogP contribution in [0.4, 0.5) is 13.2 Å². The number of alkyl halides is 3. The molecule has 2 aromatic heterocycles. The van der Waals surface area contributed by atoms with Crippen LogP contribution in [0.2, 0.25) is 0 Å². The Morgan fingerprint density at radius 2 is 2.11 bits per heavy atom. The molecule has 9 heteroatoms. The Hall–Kier alpha value is -2.94. The molecule has 1 aromatic carbocycles. The standard InChI is InChI=1S/C19H13F3N2O3S/c1-9-13-16(28-14(9)18(26)27)23-15-11(5-6-24(15)17(13)25)7-10-3-2-4-12(8-10)19(20,21)22/h2-4,7-8H,5-6H2,1H3,(H,26,27)/b11-7+. The Bertz CT molecular complexity index is 1220. The molecule has 1 aliphatic rings. The molecule has 3 aromatic rings. The van der Waals surface area contributed by atoms with E-state index in [2.05, 4.69) is 4.98 Å². The maximum absolute atomic E-state index is 12.9. The number of allylic oxidation sites excluding steroid dienone is 1. The molecule has 0 saturated heterocycles. The number of hydrogen-bond acceptors (Lipinski definition) is 4. The third kappa shape index (κ3) is 2.91. The van der Waals surface area contributed by atoms with Gasteiger partial charge in [0.1, 0.15) is 15.5 Å². The quantitative estimate of drug-likeness (QED) is 0.684. The van der Waals surface area contributed by atoms with Crippen molar-refractivity contribution in [2.24, 2.45) is 0 Å². The Morgan fingerprint density at radius 3 is 2.79 bits per heavy atom. The van der Waals surface area contributed by atoms with Crippen LogP contribution in [0.3, 0.4) is 0 Å². The van der Waals surface area contributed by atoms with E-state index in [1.165, 1.54) is 10.6 Å². The van der Waals surface area contributed by atoms with Crippen molar-refractivity contribution in [1.82, 2.24) is 9.55 Å². The molecular weight excluding hydrogens is 393 g/mol. The molecule has 0 radical (unpaired) electrons. The van der Waals surface area contributed by atoms with Gasteiger partial charge in [-0.2, -0.15) is 13.2 Å². The van der Waals surface area contributed by atoms with Crippen molar-refractivity contribution < 1.29 is 23.1 Å². The van der Waals surface area contributed by atoms with E-state index >= 15 is 0 Å². The first kappa shape index (κ1) is 18.4. The minimum absolute atomic E-state index is 0.0623. The van der Waals surface area contributed by atoms with Crippen LogP contribution >= 0.6 is 11.3 Å². The number of fused-ring (bicyclic) bond motifs is 2. The highest BCUT2D eigenvalue weighted by Crippen LogP contribution is 2.34. The monoisotopic (exact) mass is 406 g/mol. The molecule has 0 spiro atoms. The van der Waals surface area contributed by atoms with Crippen molar-refractivity contribution in [2.45, 2.75) is 26.1 Å². The summed E-state index contributed by atoms with van der Waals surface area (Å²) in [6.45, 7) is 1.92. The average Bonchev–Trinajstić information content (AvgIpc) is 3.17. The summed E-state index contributed by atoms with van der Waals surface area (Å²) in [7, 11) is 0. The Balaban J connectivity index is 1.86. The highest BCUT2D eigenvalue weighted by molar-refractivity contribution is 7.20. The molecule has 0 saturated carbocycles. The molecule has 0 amide bonds. The lowest BCUT2D eigenvalue weighted by Gasteiger charge is -2.07. The van der Waals surface area contributed by atoms with Gasteiger partial charge in [0.15, 0.2) is 0 Å². The maximum Gasteiger partial charge on any atom is 0.416 e. The third-order valence-corrected chi connectivity index (χ3v) is 5.87. The van der Waals surface area contributed by atoms with Crippen LogP contribution in [0.25, 0.3) is 21.9 Å². The second-order valence-electron chi connectivity index (χ2n) is 6.48. The Morgan fingerprint density at radius 1 is 1.36 bits per heavy atom. The first-order chi connectivity index (χ1) is 13.2. The minimum Gasteiger partial charge on any atom is -0.477 e. The van der Waals surface area contributed by atoms with Gasteiger partial charge in [0.25, 0.3) is 5.56 Å². The molecule has 0 atom stereocenters. The summed E-state index contributed by atoms with van der Waals surface area (Å²) in [6.07, 6.45) is -2.39. The van der Waals surface area contributed by atoms with Crippen LogP contribution in [0.15, 0.2) is 29.1 Å². The zero-order chi connectivity index (χ0) is 20.2. The Kier molecular flexibility index (Phi) is 4.15. The molecule has 0 unspecified atom stereocenters. The van der Waals surface area contributed by atoms with E-state index < -0.39 is 17.7 Å². The van der Waals surface area contributed by atoms with E-state index in [1.807, 2.05) is 0 Å². The predicted molar refractivity (Wildman–Crippen MR) is 99.5 cm³/mol. The number of aromatic carboxylic acids is 1. The first-order valence-electron chi connectivity index (χ1n) is 8.32. The fraction of sp³-hybridized carbons (Fsp3) is 0.211. The molecule has 1 aliphatic heterocycles. The number of thiophene rings is 1. The highest BCUT2D eigenvalue weighted by Gasteiger charge is 2.30. The van der Waals surface area contributed by atoms with Gasteiger partial charge in [-0.1, -0.05) is 12.1 Å². The van der Waals surface area contributed by atoms with Crippen LogP contribution in [0, 0.1) is 6.92 Å². The van der Waals surface area contributed by atoms with Crippen LogP contribution in [0.1, 0.15) is 38.6 Å². The van der Waals surface area contributed by atoms with E-state index in [0.717, 1.165) is 23.5 Å². The Labute approximate surface area is 160 Å². The third-order valence-electron chi connectivity index (χ3n) is 4.69. The van der Waals surface area contributed by atoms with E-state index in [1.54, 1.807) is 19.1 Å². The van der Waals surface area contributed by atoms with Crippen LogP contribution in [-0.2, 0) is 12.7 Å². The predicted octanol–water partition coefficient (Wildman–Crippen LogP) is 4.43. The smallest absolute Gasteiger partial charge is 0.416 e. The second-order valence-corrected chi connectivity index (χ2v) is 7.48. The molecule has 4 rings (SSSR count). The lowest BCUT2D eigenvalue weighted by molar-refractivity contribution is -0.137. The number of aromatic nitrogens is 2. The largest absolute Gasteiger partial charge is 0.477 e. The van der Waals surface area contributed by atoms with Crippen molar-refractivity contribution in [3.8, 4) is 0 Å². The number of carbonyl (C=O) groups is 1. The number of carboxylic acid groups (broad SMARTS) is 1. The van der Waals surface area contributed by atoms with E-state index in [-0.39, 0.29) is 15.8 Å². The average molecular weight is 406 g/mol. The van der Waals surface area contributed by atoms with E-state index in [4.69, 9.17) is 0 Å². The summed E-state index contributed by atoms with van der Waals surface area (Å²) >= 11 is 0.926. The zero-order valence-electron chi connectivity index (χ0n) is 14.5. The number of rotatable bonds is 2. The number of nitrogens with zero attached hydrogens (tertiary/aromatic N) is 2. The summed E-state index contributed by atoms with van der Waals surface area (Å²) in [4.78, 5) is 29.0. The molecule has 5 nitrogen and oxygen atoms in total. The fourth-order valence-electron chi connectivity index (χ4n) is 3.36. The molecule has 28 heavy (non-hydrogen) atoms. The summed E-state index contributed by atoms with van der Waals surface area (Å²) in [5.74, 6) is -0.752. The molecule has 3 heterocycles. The van der Waals surface area contributed by atoms with Gasteiger partial charge in [0.05, 0.1) is 10.9 Å². The molecule has 0 bridgehead atoms. The van der Waals surface area contributed by atoms with Crippen LogP contribution < -0.4 is 5.56 Å². The van der Waals surface area contributed by atoms with Gasteiger partial charge in [-0.25, -0.2) is 9.78 Å². The second kappa shape index (κ2) is 6.30. The lowest BCUT2D eigenvalue weighted by Crippen LogP contribution is -2.20. The van der Waals surface area contributed by atoms with Crippen molar-refractivity contribution >= 4 is 39.2 Å². The summed E-state index contributed by atoms with van der Waals surface area (Å²) < 4.78 is 40.2. The summed E-state index contributed by atoms with van der Waals surface area (Å²) in [6, 6.07) is 4.93. The maximum atomic E-state index is 12.9. The van der Waals surface area contributed by atoms with Crippen LogP contribution in [0.5, 0.6) is 0 Å². The normalized spacial score (nSPS) is 15.4. The minimum atomic E-state index is -4.44. The van der Waals surface area contributed by atoms with Gasteiger partial charge in [0.2, 0.25) is 0 Å². The van der Waals surface area contributed by atoms with E-state index in [0.29, 0.717) is 40.3 Å². The van der Waals surface area contributed by atoms with Crippen molar-refractivity contribution in [1.29, 1.82) is 0 Å². The van der Waals surface area contributed by atoms with Gasteiger partial charge in [-0.15, -0.1) is 11.3 Å². The van der Waals surface area contributed by atoms with E-state index in [9.17, 15) is 27.9 Å². The van der Waals surface area contributed by atoms with Gasteiger partial charge in [-0.05, 0) is 48.3 Å².